The molecule has 4 heteroatoms. The zero-order chi connectivity index (χ0) is 19.5. The maximum Gasteiger partial charge on any atom is 0.289 e. The predicted octanol–water partition coefficient (Wildman–Crippen LogP) is 4.91. The minimum Gasteiger partial charge on any atom is -0.459 e. The first kappa shape index (κ1) is 18.4. The van der Waals surface area contributed by atoms with Gasteiger partial charge in [0.2, 0.25) is 0 Å². The standard InChI is InChI=1S/C24H25N2O2/c1-18(2)20-10-6-11-21(16-20)26-14-13-25(24(27)23-12-7-15-28-23)17-22(26)19-8-4-3-5-9-19/h3-5,7-12,15-16,18,22H,13-14,17H2,1-2H3. The van der Waals surface area contributed by atoms with Gasteiger partial charge in [-0.15, -0.1) is 0 Å². The summed E-state index contributed by atoms with van der Waals surface area (Å²) in [6, 6.07) is 23.6. The van der Waals surface area contributed by atoms with E-state index in [1.54, 1.807) is 18.4 Å². The highest BCUT2D eigenvalue weighted by Crippen LogP contribution is 2.32. The molecule has 4 nitrogen and oxygen atoms in total. The summed E-state index contributed by atoms with van der Waals surface area (Å²) in [6.07, 6.45) is 1.55. The second kappa shape index (κ2) is 7.93. The van der Waals surface area contributed by atoms with Crippen LogP contribution in [-0.4, -0.2) is 30.4 Å². The van der Waals surface area contributed by atoms with Crippen LogP contribution in [0.25, 0.3) is 0 Å². The number of furan rings is 1. The number of hydrogen-bond donors (Lipinski definition) is 0. The van der Waals surface area contributed by atoms with Crippen LogP contribution >= 0.6 is 0 Å². The van der Waals surface area contributed by atoms with Gasteiger partial charge in [0.1, 0.15) is 0 Å². The van der Waals surface area contributed by atoms with Crippen molar-refractivity contribution in [3.63, 3.8) is 0 Å². The number of carbonyl (C=O) groups is 1. The van der Waals surface area contributed by atoms with Crippen molar-refractivity contribution in [2.45, 2.75) is 25.8 Å². The molecule has 1 radical (unpaired) electrons. The average Bonchev–Trinajstić information content (AvgIpc) is 3.28. The number of piperazine rings is 1. The molecular formula is C24H25N2O2. The summed E-state index contributed by atoms with van der Waals surface area (Å²) in [5.41, 5.74) is 3.64. The molecule has 0 N–H and O–H groups in total. The first-order chi connectivity index (χ1) is 13.6. The largest absolute Gasteiger partial charge is 0.459 e. The molecule has 1 aliphatic rings. The molecular weight excluding hydrogens is 348 g/mol. The minimum atomic E-state index is -0.0481. The lowest BCUT2D eigenvalue weighted by atomic mass is 9.98. The lowest BCUT2D eigenvalue weighted by Gasteiger charge is -2.43. The van der Waals surface area contributed by atoms with Crippen LogP contribution < -0.4 is 4.90 Å². The summed E-state index contributed by atoms with van der Waals surface area (Å²) in [6.45, 7) is 6.44. The van der Waals surface area contributed by atoms with E-state index in [4.69, 9.17) is 4.42 Å². The fourth-order valence-corrected chi connectivity index (χ4v) is 3.77. The molecule has 4 rings (SSSR count). The van der Waals surface area contributed by atoms with Crippen molar-refractivity contribution in [2.24, 2.45) is 0 Å². The number of benzene rings is 2. The Labute approximate surface area is 166 Å². The molecule has 1 unspecified atom stereocenters. The molecule has 1 atom stereocenters. The lowest BCUT2D eigenvalue weighted by Crippen LogP contribution is -2.50. The Kier molecular flexibility index (Phi) is 5.20. The number of carbonyl (C=O) groups excluding carboxylic acids is 1. The number of hydrogen-bond acceptors (Lipinski definition) is 3. The third kappa shape index (κ3) is 3.68. The number of amides is 1. The van der Waals surface area contributed by atoms with Gasteiger partial charge in [-0.2, -0.15) is 0 Å². The molecule has 143 valence electrons. The molecule has 0 bridgehead atoms. The fraction of sp³-hybridized carbons (Fsp3) is 0.292. The quantitative estimate of drug-likeness (QED) is 0.652. The summed E-state index contributed by atoms with van der Waals surface area (Å²) >= 11 is 0. The van der Waals surface area contributed by atoms with E-state index in [2.05, 4.69) is 61.2 Å². The number of nitrogens with zero attached hydrogens (tertiary/aromatic N) is 2. The Balaban J connectivity index is 1.65. The van der Waals surface area contributed by atoms with Gasteiger partial charge in [0, 0.05) is 25.3 Å². The van der Waals surface area contributed by atoms with Crippen molar-refractivity contribution in [1.29, 1.82) is 0 Å². The van der Waals surface area contributed by atoms with E-state index in [9.17, 15) is 4.79 Å². The molecule has 1 aromatic heterocycles. The number of anilines is 1. The van der Waals surface area contributed by atoms with E-state index in [1.807, 2.05) is 17.0 Å². The lowest BCUT2D eigenvalue weighted by molar-refractivity contribution is 0.0690. The van der Waals surface area contributed by atoms with Gasteiger partial charge in [-0.3, -0.25) is 4.79 Å². The molecule has 1 fully saturated rings. The Morgan fingerprint density at radius 1 is 1.11 bits per heavy atom. The van der Waals surface area contributed by atoms with Gasteiger partial charge in [0.05, 0.1) is 12.3 Å². The molecule has 0 aliphatic carbocycles. The second-order valence-electron chi connectivity index (χ2n) is 7.53. The summed E-state index contributed by atoms with van der Waals surface area (Å²) in [4.78, 5) is 17.1. The van der Waals surface area contributed by atoms with Crippen molar-refractivity contribution >= 4 is 11.6 Å². The van der Waals surface area contributed by atoms with Crippen LogP contribution in [0.15, 0.2) is 71.3 Å². The molecule has 1 saturated heterocycles. The molecule has 2 aromatic carbocycles. The maximum atomic E-state index is 12.8. The summed E-state index contributed by atoms with van der Waals surface area (Å²) in [5, 5.41) is 0. The van der Waals surface area contributed by atoms with Crippen molar-refractivity contribution < 1.29 is 9.21 Å². The van der Waals surface area contributed by atoms with Gasteiger partial charge in [-0.1, -0.05) is 50.2 Å². The summed E-state index contributed by atoms with van der Waals surface area (Å²) in [5.74, 6) is 0.802. The van der Waals surface area contributed by atoms with Crippen LogP contribution in [0, 0.1) is 6.07 Å². The van der Waals surface area contributed by atoms with E-state index in [0.717, 1.165) is 12.2 Å². The van der Waals surface area contributed by atoms with Gasteiger partial charge in [0.25, 0.3) is 5.91 Å². The Hall–Kier alpha value is -3.01. The van der Waals surface area contributed by atoms with Crippen LogP contribution in [0.5, 0.6) is 0 Å². The van der Waals surface area contributed by atoms with Crippen molar-refractivity contribution in [2.75, 3.05) is 24.5 Å². The van der Waals surface area contributed by atoms with Gasteiger partial charge >= 0.3 is 0 Å². The van der Waals surface area contributed by atoms with Crippen molar-refractivity contribution in [1.82, 2.24) is 4.90 Å². The molecule has 0 saturated carbocycles. The Morgan fingerprint density at radius 2 is 1.93 bits per heavy atom. The first-order valence-electron chi connectivity index (χ1n) is 9.79. The van der Waals surface area contributed by atoms with E-state index in [1.165, 1.54) is 11.1 Å². The van der Waals surface area contributed by atoms with Gasteiger partial charge in [-0.05, 0) is 47.4 Å². The Bertz CT molecular complexity index is 919. The summed E-state index contributed by atoms with van der Waals surface area (Å²) in [7, 11) is 0. The second-order valence-corrected chi connectivity index (χ2v) is 7.53. The van der Waals surface area contributed by atoms with Gasteiger partial charge < -0.3 is 14.2 Å². The third-order valence-corrected chi connectivity index (χ3v) is 5.38. The van der Waals surface area contributed by atoms with Crippen LogP contribution in [-0.2, 0) is 0 Å². The van der Waals surface area contributed by atoms with Crippen LogP contribution in [0.4, 0.5) is 5.69 Å². The Morgan fingerprint density at radius 3 is 2.64 bits per heavy atom. The minimum absolute atomic E-state index is 0.0481. The van der Waals surface area contributed by atoms with E-state index >= 15 is 0 Å². The van der Waals surface area contributed by atoms with Crippen LogP contribution in [0.3, 0.4) is 0 Å². The predicted molar refractivity (Wildman–Crippen MR) is 111 cm³/mol. The maximum absolute atomic E-state index is 12.8. The van der Waals surface area contributed by atoms with Gasteiger partial charge in [-0.25, -0.2) is 0 Å². The van der Waals surface area contributed by atoms with Crippen LogP contribution in [0.1, 0.15) is 47.5 Å². The SMILES string of the molecule is CC(C)c1c[c]cc(N2CCN(C(=O)c3ccco3)CC2c2ccccc2)c1. The smallest absolute Gasteiger partial charge is 0.289 e. The van der Waals surface area contributed by atoms with Gasteiger partial charge in [0.15, 0.2) is 5.76 Å². The number of rotatable bonds is 4. The first-order valence-corrected chi connectivity index (χ1v) is 9.79. The highest BCUT2D eigenvalue weighted by atomic mass is 16.3. The van der Waals surface area contributed by atoms with Crippen molar-refractivity contribution in [3.05, 3.63) is 89.9 Å². The average molecular weight is 373 g/mol. The molecule has 28 heavy (non-hydrogen) atoms. The highest BCUT2D eigenvalue weighted by molar-refractivity contribution is 5.91. The van der Waals surface area contributed by atoms with E-state index < -0.39 is 0 Å². The zero-order valence-electron chi connectivity index (χ0n) is 16.3. The van der Waals surface area contributed by atoms with E-state index in [0.29, 0.717) is 24.8 Å². The zero-order valence-corrected chi connectivity index (χ0v) is 16.3. The van der Waals surface area contributed by atoms with Crippen LogP contribution in [0.2, 0.25) is 0 Å². The monoisotopic (exact) mass is 373 g/mol. The molecule has 1 aliphatic heterocycles. The highest BCUT2D eigenvalue weighted by Gasteiger charge is 2.32. The molecule has 2 heterocycles. The molecule has 3 aromatic rings. The topological polar surface area (TPSA) is 36.7 Å². The third-order valence-electron chi connectivity index (χ3n) is 5.38. The molecule has 1 amide bonds. The van der Waals surface area contributed by atoms with E-state index in [-0.39, 0.29) is 11.9 Å². The van der Waals surface area contributed by atoms with Crippen molar-refractivity contribution in [3.8, 4) is 0 Å². The normalized spacial score (nSPS) is 17.2. The fourth-order valence-electron chi connectivity index (χ4n) is 3.77. The summed E-state index contributed by atoms with van der Waals surface area (Å²) < 4.78 is 5.33. The molecule has 0 spiro atoms.